The van der Waals surface area contributed by atoms with Crippen LogP contribution >= 0.6 is 11.6 Å². The minimum absolute atomic E-state index is 0.283. The maximum Gasteiger partial charge on any atom is 0.243 e. The Morgan fingerprint density at radius 2 is 2.26 bits per heavy atom. The fourth-order valence-electron chi connectivity index (χ4n) is 2.48. The second-order valence-electron chi connectivity index (χ2n) is 4.89. The van der Waals surface area contributed by atoms with Gasteiger partial charge < -0.3 is 5.32 Å². The van der Waals surface area contributed by atoms with Crippen LogP contribution in [0.5, 0.6) is 0 Å². The van der Waals surface area contributed by atoms with E-state index in [0.717, 1.165) is 19.4 Å². The second kappa shape index (κ2) is 6.22. The number of piperidine rings is 1. The highest BCUT2D eigenvalue weighted by atomic mass is 35.5. The van der Waals surface area contributed by atoms with E-state index in [9.17, 15) is 8.42 Å². The van der Waals surface area contributed by atoms with Crippen molar-refractivity contribution in [3.05, 3.63) is 29.3 Å². The fourth-order valence-corrected chi connectivity index (χ4v) is 4.33. The van der Waals surface area contributed by atoms with E-state index in [-0.39, 0.29) is 4.90 Å². The molecule has 1 aliphatic rings. The topological polar surface area (TPSA) is 49.4 Å². The van der Waals surface area contributed by atoms with E-state index in [1.54, 1.807) is 22.5 Å². The summed E-state index contributed by atoms with van der Waals surface area (Å²) in [5, 5.41) is 3.56. The maximum atomic E-state index is 12.5. The van der Waals surface area contributed by atoms with Crippen LogP contribution in [0.4, 0.5) is 0 Å². The van der Waals surface area contributed by atoms with Crippen molar-refractivity contribution in [1.82, 2.24) is 9.62 Å². The number of rotatable bonds is 4. The zero-order valence-electron chi connectivity index (χ0n) is 11.0. The highest BCUT2D eigenvalue weighted by molar-refractivity contribution is 7.89. The molecule has 1 saturated heterocycles. The Labute approximate surface area is 119 Å². The van der Waals surface area contributed by atoms with Gasteiger partial charge in [-0.05, 0) is 50.6 Å². The molecule has 2 rings (SSSR count). The quantitative estimate of drug-likeness (QED) is 0.925. The summed E-state index contributed by atoms with van der Waals surface area (Å²) in [6.45, 7) is 2.02. The first-order chi connectivity index (χ1) is 9.04. The summed E-state index contributed by atoms with van der Waals surface area (Å²) in [4.78, 5) is 0.283. The van der Waals surface area contributed by atoms with Crippen molar-refractivity contribution in [2.24, 2.45) is 5.92 Å². The predicted molar refractivity (Wildman–Crippen MR) is 76.9 cm³/mol. The molecule has 6 heteroatoms. The molecule has 106 valence electrons. The van der Waals surface area contributed by atoms with Crippen LogP contribution in [0, 0.1) is 5.92 Å². The molecule has 0 aliphatic carbocycles. The van der Waals surface area contributed by atoms with Crippen molar-refractivity contribution < 1.29 is 8.42 Å². The molecule has 1 aliphatic heterocycles. The average molecular weight is 303 g/mol. The standard InChI is InChI=1S/C13H19ClN2O2S/c1-15-9-11-4-3-7-16(10-11)19(17,18)13-6-2-5-12(14)8-13/h2,5-6,8,11,15H,3-4,7,9-10H2,1H3. The first-order valence-corrected chi connectivity index (χ1v) is 8.26. The van der Waals surface area contributed by atoms with Crippen molar-refractivity contribution >= 4 is 21.6 Å². The van der Waals surface area contributed by atoms with Crippen LogP contribution in [-0.2, 0) is 10.0 Å². The number of hydrogen-bond acceptors (Lipinski definition) is 3. The van der Waals surface area contributed by atoms with E-state index in [2.05, 4.69) is 5.32 Å². The molecule has 0 saturated carbocycles. The number of nitrogens with zero attached hydrogens (tertiary/aromatic N) is 1. The van der Waals surface area contributed by atoms with Gasteiger partial charge in [0.2, 0.25) is 10.0 Å². The molecule has 1 heterocycles. The Kier molecular flexibility index (Phi) is 4.84. The van der Waals surface area contributed by atoms with Gasteiger partial charge in [0.1, 0.15) is 0 Å². The highest BCUT2D eigenvalue weighted by Crippen LogP contribution is 2.24. The zero-order chi connectivity index (χ0) is 13.9. The Morgan fingerprint density at radius 1 is 1.47 bits per heavy atom. The van der Waals surface area contributed by atoms with E-state index < -0.39 is 10.0 Å². The fraction of sp³-hybridized carbons (Fsp3) is 0.538. The molecule has 1 atom stereocenters. The summed E-state index contributed by atoms with van der Waals surface area (Å²) in [7, 11) is -1.52. The number of benzene rings is 1. The Bertz CT molecular complexity index is 531. The van der Waals surface area contributed by atoms with Crippen molar-refractivity contribution in [2.45, 2.75) is 17.7 Å². The van der Waals surface area contributed by atoms with Gasteiger partial charge >= 0.3 is 0 Å². The van der Waals surface area contributed by atoms with Crippen molar-refractivity contribution in [2.75, 3.05) is 26.7 Å². The maximum absolute atomic E-state index is 12.5. The van der Waals surface area contributed by atoms with E-state index in [1.165, 1.54) is 6.07 Å². The Hall–Kier alpha value is -0.620. The zero-order valence-corrected chi connectivity index (χ0v) is 12.5. The van der Waals surface area contributed by atoms with Crippen molar-refractivity contribution in [1.29, 1.82) is 0 Å². The van der Waals surface area contributed by atoms with E-state index in [4.69, 9.17) is 11.6 Å². The summed E-state index contributed by atoms with van der Waals surface area (Å²) >= 11 is 5.88. The molecule has 1 fully saturated rings. The van der Waals surface area contributed by atoms with Crippen LogP contribution in [0.1, 0.15) is 12.8 Å². The molecule has 1 aromatic rings. The van der Waals surface area contributed by atoms with Crippen LogP contribution in [-0.4, -0.2) is 39.4 Å². The van der Waals surface area contributed by atoms with Gasteiger partial charge in [0, 0.05) is 18.1 Å². The predicted octanol–water partition coefficient (Wildman–Crippen LogP) is 1.96. The molecule has 4 nitrogen and oxygen atoms in total. The SMILES string of the molecule is CNCC1CCCN(S(=O)(=O)c2cccc(Cl)c2)C1. The number of halogens is 1. The lowest BCUT2D eigenvalue weighted by atomic mass is 10.00. The summed E-state index contributed by atoms with van der Waals surface area (Å²) < 4.78 is 26.6. The summed E-state index contributed by atoms with van der Waals surface area (Å²) in [5.41, 5.74) is 0. The molecule has 0 bridgehead atoms. The minimum Gasteiger partial charge on any atom is -0.319 e. The molecular weight excluding hydrogens is 284 g/mol. The normalized spacial score (nSPS) is 21.5. The second-order valence-corrected chi connectivity index (χ2v) is 7.26. The lowest BCUT2D eigenvalue weighted by molar-refractivity contribution is 0.263. The molecule has 1 unspecified atom stereocenters. The number of hydrogen-bond donors (Lipinski definition) is 1. The lowest BCUT2D eigenvalue weighted by Gasteiger charge is -2.31. The smallest absolute Gasteiger partial charge is 0.243 e. The van der Waals surface area contributed by atoms with Gasteiger partial charge in [0.15, 0.2) is 0 Å². The van der Waals surface area contributed by atoms with Gasteiger partial charge in [0.25, 0.3) is 0 Å². The number of nitrogens with one attached hydrogen (secondary N) is 1. The molecule has 0 spiro atoms. The van der Waals surface area contributed by atoms with Crippen LogP contribution < -0.4 is 5.32 Å². The lowest BCUT2D eigenvalue weighted by Crippen LogP contribution is -2.42. The average Bonchev–Trinajstić information content (AvgIpc) is 2.39. The van der Waals surface area contributed by atoms with Crippen molar-refractivity contribution in [3.63, 3.8) is 0 Å². The van der Waals surface area contributed by atoms with Gasteiger partial charge in [-0.15, -0.1) is 0 Å². The Balaban J connectivity index is 2.19. The van der Waals surface area contributed by atoms with Gasteiger partial charge in [-0.3, -0.25) is 0 Å². The van der Waals surface area contributed by atoms with Gasteiger partial charge in [-0.2, -0.15) is 4.31 Å². The van der Waals surface area contributed by atoms with E-state index in [1.807, 2.05) is 7.05 Å². The van der Waals surface area contributed by atoms with Gasteiger partial charge in [-0.25, -0.2) is 8.42 Å². The molecule has 0 amide bonds. The van der Waals surface area contributed by atoms with Crippen LogP contribution in [0.25, 0.3) is 0 Å². The van der Waals surface area contributed by atoms with Gasteiger partial charge in [-0.1, -0.05) is 17.7 Å². The largest absolute Gasteiger partial charge is 0.319 e. The van der Waals surface area contributed by atoms with Crippen LogP contribution in [0.3, 0.4) is 0 Å². The third kappa shape index (κ3) is 3.48. The Morgan fingerprint density at radius 3 is 2.95 bits per heavy atom. The van der Waals surface area contributed by atoms with E-state index in [0.29, 0.717) is 24.0 Å². The molecule has 0 radical (unpaired) electrons. The molecule has 1 N–H and O–H groups in total. The van der Waals surface area contributed by atoms with Gasteiger partial charge in [0.05, 0.1) is 4.90 Å². The highest BCUT2D eigenvalue weighted by Gasteiger charge is 2.29. The first-order valence-electron chi connectivity index (χ1n) is 6.44. The monoisotopic (exact) mass is 302 g/mol. The molecule has 0 aromatic heterocycles. The minimum atomic E-state index is -3.41. The molecule has 19 heavy (non-hydrogen) atoms. The van der Waals surface area contributed by atoms with Crippen LogP contribution in [0.2, 0.25) is 5.02 Å². The first kappa shape index (κ1) is 14.8. The number of sulfonamides is 1. The van der Waals surface area contributed by atoms with E-state index >= 15 is 0 Å². The third-order valence-electron chi connectivity index (χ3n) is 3.41. The summed E-state index contributed by atoms with van der Waals surface area (Å²) in [6, 6.07) is 6.46. The molecule has 1 aromatic carbocycles. The summed E-state index contributed by atoms with van der Waals surface area (Å²) in [5.74, 6) is 0.382. The third-order valence-corrected chi connectivity index (χ3v) is 5.50. The molecular formula is C13H19ClN2O2S. The van der Waals surface area contributed by atoms with Crippen LogP contribution in [0.15, 0.2) is 29.2 Å². The van der Waals surface area contributed by atoms with Crippen molar-refractivity contribution in [3.8, 4) is 0 Å². The summed E-state index contributed by atoms with van der Waals surface area (Å²) in [6.07, 6.45) is 1.98.